The number of hydrogen-bond donors (Lipinski definition) is 2. The summed E-state index contributed by atoms with van der Waals surface area (Å²) in [4.78, 5) is 20.9. The second kappa shape index (κ2) is 7.63. The van der Waals surface area contributed by atoms with Crippen molar-refractivity contribution in [1.82, 2.24) is 4.98 Å². The summed E-state index contributed by atoms with van der Waals surface area (Å²) in [5.74, 6) is -0.0157. The number of nitrogens with zero attached hydrogens (tertiary/aromatic N) is 2. The van der Waals surface area contributed by atoms with Crippen LogP contribution in [0.15, 0.2) is 41.5 Å². The Labute approximate surface area is 160 Å². The van der Waals surface area contributed by atoms with Crippen molar-refractivity contribution in [1.29, 1.82) is 0 Å². The number of aliphatic imine (C=N–C) groups is 1. The highest BCUT2D eigenvalue weighted by molar-refractivity contribution is 8.13. The van der Waals surface area contributed by atoms with Gasteiger partial charge in [-0.05, 0) is 43.2 Å². The molecule has 1 aromatic heterocycles. The van der Waals surface area contributed by atoms with Gasteiger partial charge in [0, 0.05) is 28.2 Å². The van der Waals surface area contributed by atoms with Crippen molar-refractivity contribution in [3.63, 3.8) is 0 Å². The fraction of sp³-hybridized carbons (Fsp3) is 0.278. The number of amidine groups is 1. The standard InChI is InChI=1S/C18H18ClFN4OS/c1-2-18(6-8-26-17(21)24-18)13-10-12(3-4-14(13)20)23-16(25)15-9-11(19)5-7-22-15/h3-5,7,9-10H,2,6,8H2,1H3,(H2,21,24)(H,23,25). The van der Waals surface area contributed by atoms with Crippen molar-refractivity contribution in [2.24, 2.45) is 10.7 Å². The monoisotopic (exact) mass is 392 g/mol. The van der Waals surface area contributed by atoms with Gasteiger partial charge in [0.25, 0.3) is 5.91 Å². The largest absolute Gasteiger partial charge is 0.379 e. The van der Waals surface area contributed by atoms with Crippen molar-refractivity contribution in [2.75, 3.05) is 11.1 Å². The number of hydrogen-bond acceptors (Lipinski definition) is 5. The van der Waals surface area contributed by atoms with Crippen LogP contribution >= 0.6 is 23.4 Å². The summed E-state index contributed by atoms with van der Waals surface area (Å²) >= 11 is 7.36. The summed E-state index contributed by atoms with van der Waals surface area (Å²) < 4.78 is 14.6. The van der Waals surface area contributed by atoms with E-state index in [2.05, 4.69) is 15.3 Å². The number of nitrogens with two attached hydrogens (primary N) is 1. The molecule has 26 heavy (non-hydrogen) atoms. The minimum atomic E-state index is -0.714. The zero-order valence-electron chi connectivity index (χ0n) is 14.1. The molecule has 0 saturated carbocycles. The molecule has 136 valence electrons. The number of rotatable bonds is 4. The molecule has 2 aromatic rings. The number of thioether (sulfide) groups is 1. The SMILES string of the molecule is CCC1(c2cc(NC(=O)c3cc(Cl)ccn3)ccc2F)CCSC(N)=N1. The second-order valence-electron chi connectivity index (χ2n) is 5.94. The maximum absolute atomic E-state index is 14.6. The third-order valence-corrected chi connectivity index (χ3v) is 5.39. The highest BCUT2D eigenvalue weighted by Crippen LogP contribution is 2.40. The Morgan fingerprint density at radius 3 is 2.92 bits per heavy atom. The molecule has 2 heterocycles. The molecular formula is C18H18ClFN4OS. The Balaban J connectivity index is 1.93. The molecule has 0 saturated heterocycles. The Bertz CT molecular complexity index is 876. The van der Waals surface area contributed by atoms with Gasteiger partial charge in [-0.2, -0.15) is 0 Å². The summed E-state index contributed by atoms with van der Waals surface area (Å²) in [6.45, 7) is 1.95. The lowest BCUT2D eigenvalue weighted by molar-refractivity contribution is 0.102. The van der Waals surface area contributed by atoms with Gasteiger partial charge >= 0.3 is 0 Å². The van der Waals surface area contributed by atoms with Crippen molar-refractivity contribution in [3.8, 4) is 0 Å². The summed E-state index contributed by atoms with van der Waals surface area (Å²) in [7, 11) is 0. The molecule has 0 bridgehead atoms. The van der Waals surface area contributed by atoms with Gasteiger partial charge in [0.1, 0.15) is 11.5 Å². The lowest BCUT2D eigenvalue weighted by atomic mass is 9.84. The fourth-order valence-corrected chi connectivity index (χ4v) is 4.00. The Morgan fingerprint density at radius 2 is 2.23 bits per heavy atom. The molecule has 3 rings (SSSR count). The van der Waals surface area contributed by atoms with Crippen LogP contribution in [0.1, 0.15) is 35.8 Å². The number of carbonyl (C=O) groups excluding carboxylic acids is 1. The van der Waals surface area contributed by atoms with Gasteiger partial charge in [-0.25, -0.2) is 4.39 Å². The van der Waals surface area contributed by atoms with Gasteiger partial charge in [0.15, 0.2) is 5.17 Å². The molecule has 0 fully saturated rings. The lowest BCUT2D eigenvalue weighted by Crippen LogP contribution is -2.32. The van der Waals surface area contributed by atoms with Gasteiger partial charge in [0.2, 0.25) is 0 Å². The molecule has 1 aliphatic heterocycles. The van der Waals surface area contributed by atoms with Gasteiger partial charge in [-0.3, -0.25) is 14.8 Å². The van der Waals surface area contributed by atoms with Crippen LogP contribution in [0.3, 0.4) is 0 Å². The first-order chi connectivity index (χ1) is 12.4. The average molecular weight is 393 g/mol. The van der Waals surface area contributed by atoms with E-state index in [4.69, 9.17) is 17.3 Å². The zero-order chi connectivity index (χ0) is 18.7. The Hall–Kier alpha value is -2.12. The topological polar surface area (TPSA) is 80.4 Å². The number of pyridine rings is 1. The van der Waals surface area contributed by atoms with Crippen LogP contribution in [0.2, 0.25) is 5.02 Å². The molecule has 0 radical (unpaired) electrons. The average Bonchev–Trinajstić information content (AvgIpc) is 2.63. The fourth-order valence-electron chi connectivity index (χ4n) is 2.95. The van der Waals surface area contributed by atoms with Crippen molar-refractivity contribution < 1.29 is 9.18 Å². The molecule has 3 N–H and O–H groups in total. The molecule has 1 aromatic carbocycles. The Morgan fingerprint density at radius 1 is 1.42 bits per heavy atom. The van der Waals surface area contributed by atoms with Crippen LogP contribution in [-0.4, -0.2) is 21.8 Å². The number of aromatic nitrogens is 1. The van der Waals surface area contributed by atoms with E-state index in [0.29, 0.717) is 34.3 Å². The summed E-state index contributed by atoms with van der Waals surface area (Å²) in [5.41, 5.74) is 6.25. The zero-order valence-corrected chi connectivity index (χ0v) is 15.7. The predicted octanol–water partition coefficient (Wildman–Crippen LogP) is 4.18. The van der Waals surface area contributed by atoms with E-state index in [-0.39, 0.29) is 11.5 Å². The summed E-state index contributed by atoms with van der Waals surface area (Å²) in [6, 6.07) is 7.52. The smallest absolute Gasteiger partial charge is 0.274 e. The van der Waals surface area contributed by atoms with Crippen LogP contribution in [-0.2, 0) is 5.54 Å². The quantitative estimate of drug-likeness (QED) is 0.817. The van der Waals surface area contributed by atoms with Gasteiger partial charge < -0.3 is 11.1 Å². The van der Waals surface area contributed by atoms with Crippen molar-refractivity contribution in [2.45, 2.75) is 25.3 Å². The highest BCUT2D eigenvalue weighted by atomic mass is 35.5. The maximum atomic E-state index is 14.6. The first kappa shape index (κ1) is 18.7. The number of carbonyl (C=O) groups is 1. The number of nitrogens with one attached hydrogen (secondary N) is 1. The van der Waals surface area contributed by atoms with Crippen LogP contribution in [0, 0.1) is 5.82 Å². The molecule has 8 heteroatoms. The third-order valence-electron chi connectivity index (χ3n) is 4.35. The van der Waals surface area contributed by atoms with E-state index in [1.807, 2.05) is 6.92 Å². The maximum Gasteiger partial charge on any atom is 0.274 e. The molecule has 1 unspecified atom stereocenters. The lowest BCUT2D eigenvalue weighted by Gasteiger charge is -2.33. The van der Waals surface area contributed by atoms with Crippen LogP contribution < -0.4 is 11.1 Å². The normalized spacial score (nSPS) is 19.7. The van der Waals surface area contributed by atoms with Crippen LogP contribution in [0.4, 0.5) is 10.1 Å². The number of amides is 1. The number of halogens is 2. The van der Waals surface area contributed by atoms with Crippen molar-refractivity contribution in [3.05, 3.63) is 58.6 Å². The Kier molecular flexibility index (Phi) is 5.48. The molecule has 5 nitrogen and oxygen atoms in total. The van der Waals surface area contributed by atoms with Crippen molar-refractivity contribution >= 4 is 40.1 Å². The molecule has 0 spiro atoms. The molecular weight excluding hydrogens is 375 g/mol. The molecule has 0 aliphatic carbocycles. The van der Waals surface area contributed by atoms with E-state index >= 15 is 0 Å². The van der Waals surface area contributed by atoms with Gasteiger partial charge in [-0.1, -0.05) is 30.3 Å². The van der Waals surface area contributed by atoms with Gasteiger partial charge in [0.05, 0.1) is 5.54 Å². The van der Waals surface area contributed by atoms with Crippen LogP contribution in [0.25, 0.3) is 0 Å². The number of benzene rings is 1. The third kappa shape index (κ3) is 3.83. The second-order valence-corrected chi connectivity index (χ2v) is 7.49. The van der Waals surface area contributed by atoms with E-state index in [9.17, 15) is 9.18 Å². The highest BCUT2D eigenvalue weighted by Gasteiger charge is 2.35. The summed E-state index contributed by atoms with van der Waals surface area (Å²) in [5, 5.41) is 3.60. The first-order valence-corrected chi connectivity index (χ1v) is 9.51. The minimum Gasteiger partial charge on any atom is -0.379 e. The molecule has 1 aliphatic rings. The first-order valence-electron chi connectivity index (χ1n) is 8.14. The summed E-state index contributed by atoms with van der Waals surface area (Å²) in [6.07, 6.45) is 2.74. The van der Waals surface area contributed by atoms with E-state index in [1.165, 1.54) is 36.2 Å². The number of anilines is 1. The van der Waals surface area contributed by atoms with Crippen LogP contribution in [0.5, 0.6) is 0 Å². The van der Waals surface area contributed by atoms with E-state index in [0.717, 1.165) is 5.75 Å². The molecule has 1 atom stereocenters. The predicted molar refractivity (Wildman–Crippen MR) is 104 cm³/mol. The van der Waals surface area contributed by atoms with E-state index in [1.54, 1.807) is 12.1 Å². The van der Waals surface area contributed by atoms with Gasteiger partial charge in [-0.15, -0.1) is 0 Å². The minimum absolute atomic E-state index is 0.185. The molecule has 1 amide bonds. The van der Waals surface area contributed by atoms with E-state index < -0.39 is 11.4 Å².